The quantitative estimate of drug-likeness (QED) is 0.886. The lowest BCUT2D eigenvalue weighted by Crippen LogP contribution is -2.24. The number of hydrogen-bond donors (Lipinski definition) is 2. The van der Waals surface area contributed by atoms with E-state index in [2.05, 4.69) is 21.8 Å². The number of aromatic nitrogens is 2. The molecule has 104 valence electrons. The number of halogens is 1. The largest absolute Gasteiger partial charge is 0.393 e. The van der Waals surface area contributed by atoms with E-state index >= 15 is 0 Å². The Bertz CT molecular complexity index is 565. The molecular weight excluding hydrogens is 262 g/mol. The van der Waals surface area contributed by atoms with Gasteiger partial charge in [-0.25, -0.2) is 4.98 Å². The molecule has 0 amide bonds. The molecule has 0 saturated heterocycles. The molecule has 0 saturated carbocycles. The molecule has 2 rings (SSSR count). The second-order valence-electron chi connectivity index (χ2n) is 4.98. The summed E-state index contributed by atoms with van der Waals surface area (Å²) in [4.78, 5) is 4.63. The number of rotatable bonds is 5. The first-order valence-electron chi connectivity index (χ1n) is 6.52. The van der Waals surface area contributed by atoms with Crippen molar-refractivity contribution < 1.29 is 5.11 Å². The van der Waals surface area contributed by atoms with Gasteiger partial charge in [-0.1, -0.05) is 11.6 Å². The van der Waals surface area contributed by atoms with Gasteiger partial charge in [0.25, 0.3) is 0 Å². The Balaban J connectivity index is 2.18. The summed E-state index contributed by atoms with van der Waals surface area (Å²) in [6.07, 6.45) is 0.457. The van der Waals surface area contributed by atoms with Crippen LogP contribution >= 0.6 is 11.6 Å². The third kappa shape index (κ3) is 3.26. The van der Waals surface area contributed by atoms with E-state index < -0.39 is 0 Å². The van der Waals surface area contributed by atoms with E-state index in [9.17, 15) is 5.11 Å². The molecule has 2 aromatic rings. The second kappa shape index (κ2) is 5.90. The summed E-state index contributed by atoms with van der Waals surface area (Å²) in [5, 5.41) is 13.3. The van der Waals surface area contributed by atoms with E-state index in [1.807, 2.05) is 25.2 Å². The molecule has 4 nitrogen and oxygen atoms in total. The summed E-state index contributed by atoms with van der Waals surface area (Å²) in [5.41, 5.74) is 1.98. The van der Waals surface area contributed by atoms with Crippen molar-refractivity contribution in [3.63, 3.8) is 0 Å². The van der Waals surface area contributed by atoms with Crippen molar-refractivity contribution in [2.75, 3.05) is 6.54 Å². The number of aryl methyl sites for hydroxylation is 1. The topological polar surface area (TPSA) is 50.1 Å². The lowest BCUT2D eigenvalue weighted by Gasteiger charge is -2.14. The van der Waals surface area contributed by atoms with Gasteiger partial charge in [-0.15, -0.1) is 0 Å². The maximum atomic E-state index is 9.26. The van der Waals surface area contributed by atoms with Crippen molar-refractivity contribution in [3.8, 4) is 0 Å². The summed E-state index contributed by atoms with van der Waals surface area (Å²) >= 11 is 6.01. The monoisotopic (exact) mass is 281 g/mol. The number of aliphatic hydroxyl groups is 1. The molecule has 0 radical (unpaired) electrons. The van der Waals surface area contributed by atoms with Crippen LogP contribution in [0.5, 0.6) is 0 Å². The van der Waals surface area contributed by atoms with Crippen LogP contribution in [-0.4, -0.2) is 27.3 Å². The third-order valence-corrected chi connectivity index (χ3v) is 3.51. The summed E-state index contributed by atoms with van der Waals surface area (Å²) in [6.45, 7) is 4.64. The lowest BCUT2D eigenvalue weighted by molar-refractivity contribution is 0.182. The number of fused-ring (bicyclic) bond motifs is 1. The Morgan fingerprint density at radius 3 is 2.84 bits per heavy atom. The number of nitrogens with zero attached hydrogens (tertiary/aromatic N) is 2. The normalized spacial score (nSPS) is 14.8. The van der Waals surface area contributed by atoms with Gasteiger partial charge < -0.3 is 15.0 Å². The summed E-state index contributed by atoms with van der Waals surface area (Å²) in [6, 6.07) is 5.85. The minimum absolute atomic E-state index is 0.134. The van der Waals surface area contributed by atoms with E-state index in [1.54, 1.807) is 6.92 Å². The molecule has 1 aromatic carbocycles. The van der Waals surface area contributed by atoms with Crippen LogP contribution in [0.2, 0.25) is 5.02 Å². The van der Waals surface area contributed by atoms with Gasteiger partial charge in [0, 0.05) is 12.1 Å². The molecule has 0 aliphatic carbocycles. The van der Waals surface area contributed by atoms with Crippen LogP contribution in [0.1, 0.15) is 32.1 Å². The predicted molar refractivity (Wildman–Crippen MR) is 78.4 cm³/mol. The van der Waals surface area contributed by atoms with Gasteiger partial charge in [0.15, 0.2) is 0 Å². The zero-order chi connectivity index (χ0) is 14.0. The maximum Gasteiger partial charge on any atom is 0.126 e. The molecule has 5 heteroatoms. The van der Waals surface area contributed by atoms with Crippen LogP contribution in [0.3, 0.4) is 0 Å². The van der Waals surface area contributed by atoms with Gasteiger partial charge in [-0.05, 0) is 45.0 Å². The molecule has 0 aliphatic heterocycles. The fraction of sp³-hybridized carbons (Fsp3) is 0.500. The SMILES string of the molecule is CC(O)CCNC(C)c1nc2ccc(Cl)cc2n1C. The number of hydrogen-bond acceptors (Lipinski definition) is 3. The van der Waals surface area contributed by atoms with Gasteiger partial charge in [0.2, 0.25) is 0 Å². The van der Waals surface area contributed by atoms with Gasteiger partial charge >= 0.3 is 0 Å². The van der Waals surface area contributed by atoms with Crippen LogP contribution in [0.15, 0.2) is 18.2 Å². The average molecular weight is 282 g/mol. The van der Waals surface area contributed by atoms with E-state index in [4.69, 9.17) is 11.6 Å². The molecule has 19 heavy (non-hydrogen) atoms. The molecule has 1 aromatic heterocycles. The minimum atomic E-state index is -0.279. The average Bonchev–Trinajstić information content (AvgIpc) is 2.66. The minimum Gasteiger partial charge on any atom is -0.393 e. The number of nitrogens with one attached hydrogen (secondary N) is 1. The van der Waals surface area contributed by atoms with Crippen molar-refractivity contribution >= 4 is 22.6 Å². The van der Waals surface area contributed by atoms with Crippen LogP contribution in [0.25, 0.3) is 11.0 Å². The molecule has 0 bridgehead atoms. The summed E-state index contributed by atoms with van der Waals surface area (Å²) in [7, 11) is 1.99. The summed E-state index contributed by atoms with van der Waals surface area (Å²) < 4.78 is 2.06. The maximum absolute atomic E-state index is 9.26. The van der Waals surface area contributed by atoms with Gasteiger partial charge in [0.1, 0.15) is 5.82 Å². The molecule has 0 aliphatic rings. The zero-order valence-corrected chi connectivity index (χ0v) is 12.3. The fourth-order valence-electron chi connectivity index (χ4n) is 2.17. The standard InChI is InChI=1S/C14H20ClN3O/c1-9(19)6-7-16-10(2)14-17-12-5-4-11(15)8-13(12)18(14)3/h4-5,8-10,16,19H,6-7H2,1-3H3. The van der Waals surface area contributed by atoms with Gasteiger partial charge in [-0.3, -0.25) is 0 Å². The molecule has 1 heterocycles. The van der Waals surface area contributed by atoms with Gasteiger partial charge in [-0.2, -0.15) is 0 Å². The first-order valence-corrected chi connectivity index (χ1v) is 6.90. The van der Waals surface area contributed by atoms with Crippen LogP contribution < -0.4 is 5.32 Å². The second-order valence-corrected chi connectivity index (χ2v) is 5.41. The van der Waals surface area contributed by atoms with E-state index in [0.717, 1.165) is 34.8 Å². The van der Waals surface area contributed by atoms with Crippen molar-refractivity contribution in [2.24, 2.45) is 7.05 Å². The zero-order valence-electron chi connectivity index (χ0n) is 11.5. The molecular formula is C14H20ClN3O. The number of aliphatic hydroxyl groups excluding tert-OH is 1. The third-order valence-electron chi connectivity index (χ3n) is 3.28. The first-order chi connectivity index (χ1) is 8.99. The Morgan fingerprint density at radius 2 is 2.16 bits per heavy atom. The summed E-state index contributed by atoms with van der Waals surface area (Å²) in [5.74, 6) is 0.975. The van der Waals surface area contributed by atoms with Crippen LogP contribution in [0.4, 0.5) is 0 Å². The van der Waals surface area contributed by atoms with Crippen molar-refractivity contribution in [3.05, 3.63) is 29.0 Å². The Hall–Kier alpha value is -1.10. The highest BCUT2D eigenvalue weighted by atomic mass is 35.5. The molecule has 0 fully saturated rings. The number of imidazole rings is 1. The smallest absolute Gasteiger partial charge is 0.126 e. The lowest BCUT2D eigenvalue weighted by atomic mass is 10.2. The highest BCUT2D eigenvalue weighted by Crippen LogP contribution is 2.22. The van der Waals surface area contributed by atoms with Crippen LogP contribution in [0, 0.1) is 0 Å². The highest BCUT2D eigenvalue weighted by molar-refractivity contribution is 6.31. The Morgan fingerprint density at radius 1 is 1.42 bits per heavy atom. The Kier molecular flexibility index (Phi) is 4.45. The Labute approximate surface area is 118 Å². The van der Waals surface area contributed by atoms with Crippen molar-refractivity contribution in [2.45, 2.75) is 32.4 Å². The first kappa shape index (κ1) is 14.3. The van der Waals surface area contributed by atoms with Crippen molar-refractivity contribution in [1.82, 2.24) is 14.9 Å². The molecule has 2 unspecified atom stereocenters. The molecule has 0 spiro atoms. The van der Waals surface area contributed by atoms with E-state index in [0.29, 0.717) is 0 Å². The van der Waals surface area contributed by atoms with E-state index in [1.165, 1.54) is 0 Å². The predicted octanol–water partition coefficient (Wildman–Crippen LogP) is 2.65. The van der Waals surface area contributed by atoms with Crippen LogP contribution in [-0.2, 0) is 7.05 Å². The molecule has 2 N–H and O–H groups in total. The number of benzene rings is 1. The van der Waals surface area contributed by atoms with Gasteiger partial charge in [0.05, 0.1) is 23.2 Å². The highest BCUT2D eigenvalue weighted by Gasteiger charge is 2.14. The molecule has 2 atom stereocenters. The van der Waals surface area contributed by atoms with E-state index in [-0.39, 0.29) is 12.1 Å². The fourth-order valence-corrected chi connectivity index (χ4v) is 2.34. The van der Waals surface area contributed by atoms with Crippen molar-refractivity contribution in [1.29, 1.82) is 0 Å².